The number of nitrogen functional groups attached to an aromatic ring is 1. The summed E-state index contributed by atoms with van der Waals surface area (Å²) < 4.78 is 55.5. The molecule has 1 fully saturated rings. The van der Waals surface area contributed by atoms with E-state index >= 15 is 0 Å². The Morgan fingerprint density at radius 2 is 1.48 bits per heavy atom. The van der Waals surface area contributed by atoms with E-state index in [2.05, 4.69) is 0 Å². The van der Waals surface area contributed by atoms with Gasteiger partial charge in [-0.05, 0) is 29.3 Å². The molecule has 0 radical (unpaired) electrons. The SMILES string of the molecule is N=C(N)c1ccc(CN2CCN(C(=O)c3ccc(-c4ccccc4S(N)(=O)=O)cc3)CC2=O)cc1.O=C(O)C(F)(F)F. The summed E-state index contributed by atoms with van der Waals surface area (Å²) in [5, 5.41) is 19.9. The highest BCUT2D eigenvalue weighted by molar-refractivity contribution is 7.89. The Kier molecular flexibility index (Phi) is 9.70. The number of primary sulfonamides is 1. The van der Waals surface area contributed by atoms with Crippen LogP contribution in [0.15, 0.2) is 77.7 Å². The monoisotopic (exact) mass is 605 g/mol. The molecule has 0 aromatic heterocycles. The van der Waals surface area contributed by atoms with Crippen molar-refractivity contribution in [1.29, 1.82) is 5.41 Å². The number of halogens is 3. The molecule has 1 heterocycles. The molecule has 3 aromatic carbocycles. The first-order chi connectivity index (χ1) is 19.6. The molecular weight excluding hydrogens is 579 g/mol. The van der Waals surface area contributed by atoms with Gasteiger partial charge in [0.2, 0.25) is 15.9 Å². The lowest BCUT2D eigenvalue weighted by molar-refractivity contribution is -0.192. The molecule has 4 rings (SSSR count). The first kappa shape index (κ1) is 31.8. The van der Waals surface area contributed by atoms with Gasteiger partial charge in [-0.25, -0.2) is 18.4 Å². The van der Waals surface area contributed by atoms with E-state index in [1.165, 1.54) is 11.0 Å². The minimum atomic E-state index is -5.08. The largest absolute Gasteiger partial charge is 0.490 e. The van der Waals surface area contributed by atoms with Crippen LogP contribution in [-0.4, -0.2) is 72.8 Å². The second-order valence-corrected chi connectivity index (χ2v) is 10.6. The van der Waals surface area contributed by atoms with Crippen molar-refractivity contribution in [2.75, 3.05) is 19.6 Å². The third-order valence-corrected chi connectivity index (χ3v) is 7.09. The highest BCUT2D eigenvalue weighted by Gasteiger charge is 2.38. The molecule has 0 unspecified atom stereocenters. The fraction of sp³-hybridized carbons (Fsp3) is 0.185. The van der Waals surface area contributed by atoms with Crippen LogP contribution in [0.25, 0.3) is 11.1 Å². The van der Waals surface area contributed by atoms with Crippen LogP contribution in [0, 0.1) is 5.41 Å². The van der Waals surface area contributed by atoms with E-state index in [0.29, 0.717) is 41.9 Å². The van der Waals surface area contributed by atoms with Gasteiger partial charge >= 0.3 is 12.1 Å². The molecule has 2 amide bonds. The number of aliphatic carboxylic acids is 1. The molecule has 1 saturated heterocycles. The topological polar surface area (TPSA) is 188 Å². The van der Waals surface area contributed by atoms with Crippen LogP contribution in [0.4, 0.5) is 13.2 Å². The third kappa shape index (κ3) is 8.14. The number of carbonyl (C=O) groups excluding carboxylic acids is 2. The van der Waals surface area contributed by atoms with E-state index in [-0.39, 0.29) is 29.1 Å². The molecule has 3 aromatic rings. The quantitative estimate of drug-likeness (QED) is 0.245. The third-order valence-electron chi connectivity index (χ3n) is 6.12. The van der Waals surface area contributed by atoms with Crippen LogP contribution < -0.4 is 10.9 Å². The molecule has 15 heteroatoms. The summed E-state index contributed by atoms with van der Waals surface area (Å²) in [5.41, 5.74) is 8.48. The Bertz CT molecular complexity index is 1590. The van der Waals surface area contributed by atoms with E-state index in [0.717, 1.165) is 5.56 Å². The fourth-order valence-electron chi connectivity index (χ4n) is 3.99. The maximum absolute atomic E-state index is 13.0. The van der Waals surface area contributed by atoms with Crippen LogP contribution in [0.1, 0.15) is 21.5 Å². The van der Waals surface area contributed by atoms with Crippen molar-refractivity contribution in [2.24, 2.45) is 10.9 Å². The molecule has 222 valence electrons. The summed E-state index contributed by atoms with van der Waals surface area (Å²) in [6.45, 7) is 1.18. The lowest BCUT2D eigenvalue weighted by Crippen LogP contribution is -2.51. The minimum Gasteiger partial charge on any atom is -0.475 e. The molecule has 0 spiro atoms. The summed E-state index contributed by atoms with van der Waals surface area (Å²) in [5.74, 6) is -3.19. The molecule has 42 heavy (non-hydrogen) atoms. The molecule has 0 bridgehead atoms. The van der Waals surface area contributed by atoms with Gasteiger partial charge < -0.3 is 20.6 Å². The number of rotatable bonds is 6. The number of carbonyl (C=O) groups is 3. The zero-order valence-electron chi connectivity index (χ0n) is 21.8. The first-order valence-electron chi connectivity index (χ1n) is 12.1. The first-order valence-corrected chi connectivity index (χ1v) is 13.7. The molecule has 1 aliphatic rings. The Hall–Kier alpha value is -4.76. The maximum Gasteiger partial charge on any atom is 0.490 e. The van der Waals surface area contributed by atoms with Gasteiger partial charge in [0, 0.05) is 36.3 Å². The molecule has 0 saturated carbocycles. The number of hydrogen-bond donors (Lipinski definition) is 4. The van der Waals surface area contributed by atoms with Gasteiger partial charge in [0.1, 0.15) is 12.4 Å². The smallest absolute Gasteiger partial charge is 0.475 e. The zero-order chi connectivity index (χ0) is 31.2. The summed E-state index contributed by atoms with van der Waals surface area (Å²) in [6.07, 6.45) is -5.08. The maximum atomic E-state index is 13.0. The fourth-order valence-corrected chi connectivity index (χ4v) is 4.75. The predicted molar refractivity (Wildman–Crippen MR) is 146 cm³/mol. The van der Waals surface area contributed by atoms with Crippen molar-refractivity contribution >= 4 is 33.6 Å². The lowest BCUT2D eigenvalue weighted by atomic mass is 10.0. The van der Waals surface area contributed by atoms with Crippen LogP contribution in [-0.2, 0) is 26.2 Å². The zero-order valence-corrected chi connectivity index (χ0v) is 22.7. The van der Waals surface area contributed by atoms with Crippen molar-refractivity contribution in [3.05, 3.63) is 89.5 Å². The van der Waals surface area contributed by atoms with Gasteiger partial charge in [-0.1, -0.05) is 54.6 Å². The summed E-state index contributed by atoms with van der Waals surface area (Å²) in [4.78, 5) is 37.8. The van der Waals surface area contributed by atoms with Crippen LogP contribution in [0.2, 0.25) is 0 Å². The molecule has 6 N–H and O–H groups in total. The average molecular weight is 606 g/mol. The van der Waals surface area contributed by atoms with Gasteiger partial charge in [-0.3, -0.25) is 15.0 Å². The van der Waals surface area contributed by atoms with Gasteiger partial charge in [-0.2, -0.15) is 13.2 Å². The van der Waals surface area contributed by atoms with Crippen molar-refractivity contribution in [2.45, 2.75) is 17.6 Å². The predicted octanol–water partition coefficient (Wildman–Crippen LogP) is 2.40. The second-order valence-electron chi connectivity index (χ2n) is 9.07. The van der Waals surface area contributed by atoms with Gasteiger partial charge in [0.15, 0.2) is 0 Å². The number of amides is 2. The van der Waals surface area contributed by atoms with E-state index in [1.54, 1.807) is 59.5 Å². The van der Waals surface area contributed by atoms with E-state index in [4.69, 9.17) is 26.2 Å². The number of carboxylic acids is 1. The number of nitrogens with two attached hydrogens (primary N) is 2. The minimum absolute atomic E-state index is 0.0109. The summed E-state index contributed by atoms with van der Waals surface area (Å²) >= 11 is 0. The highest BCUT2D eigenvalue weighted by Crippen LogP contribution is 2.27. The molecule has 11 nitrogen and oxygen atoms in total. The normalized spacial score (nSPS) is 13.7. The standard InChI is InChI=1S/C25H25N5O4S.C2HF3O2/c26-24(27)19-7-5-17(6-8-19)15-29-13-14-30(16-23(29)31)25(32)20-11-9-18(10-12-20)21-3-1-2-4-22(21)35(28,33)34;3-2(4,5)1(6)7/h1-12H,13-16H2,(H3,26,27)(H2,28,33,34);(H,6,7). The number of carboxylic acid groups (broad SMARTS) is 1. The van der Waals surface area contributed by atoms with Gasteiger partial charge in [0.25, 0.3) is 5.91 Å². The van der Waals surface area contributed by atoms with Crippen molar-refractivity contribution in [3.63, 3.8) is 0 Å². The second kappa shape index (κ2) is 12.8. The lowest BCUT2D eigenvalue weighted by Gasteiger charge is -2.34. The molecule has 0 aliphatic carbocycles. The molecule has 1 aliphatic heterocycles. The van der Waals surface area contributed by atoms with Crippen molar-refractivity contribution < 1.29 is 41.1 Å². The van der Waals surface area contributed by atoms with E-state index < -0.39 is 22.2 Å². The number of nitrogens with one attached hydrogen (secondary N) is 1. The van der Waals surface area contributed by atoms with E-state index in [1.807, 2.05) is 12.1 Å². The van der Waals surface area contributed by atoms with Crippen molar-refractivity contribution in [3.8, 4) is 11.1 Å². The Morgan fingerprint density at radius 1 is 0.929 bits per heavy atom. The Labute approximate surface area is 238 Å². The number of sulfonamides is 1. The van der Waals surface area contributed by atoms with Crippen LogP contribution in [0.3, 0.4) is 0 Å². The Balaban J connectivity index is 0.000000616. The number of amidine groups is 1. The summed E-state index contributed by atoms with van der Waals surface area (Å²) in [7, 11) is -3.90. The van der Waals surface area contributed by atoms with Gasteiger partial charge in [0.05, 0.1) is 4.90 Å². The van der Waals surface area contributed by atoms with Crippen molar-refractivity contribution in [1.82, 2.24) is 9.80 Å². The Morgan fingerprint density at radius 3 is 1.98 bits per heavy atom. The van der Waals surface area contributed by atoms with Crippen LogP contribution in [0.5, 0.6) is 0 Å². The average Bonchev–Trinajstić information content (AvgIpc) is 2.93. The summed E-state index contributed by atoms with van der Waals surface area (Å²) in [6, 6.07) is 20.1. The number of benzene rings is 3. The van der Waals surface area contributed by atoms with Crippen LogP contribution >= 0.6 is 0 Å². The molecule has 0 atom stereocenters. The number of hydrogen-bond acceptors (Lipinski definition) is 6. The number of alkyl halides is 3. The molecular formula is C27H26F3N5O6S. The number of nitrogens with zero attached hydrogens (tertiary/aromatic N) is 2. The van der Waals surface area contributed by atoms with E-state index in [9.17, 15) is 31.2 Å². The van der Waals surface area contributed by atoms with Gasteiger partial charge in [-0.15, -0.1) is 0 Å². The highest BCUT2D eigenvalue weighted by atomic mass is 32.2. The number of piperazine rings is 1.